The first-order chi connectivity index (χ1) is 6.81. The molecule has 2 heterocycles. The van der Waals surface area contributed by atoms with Crippen molar-refractivity contribution in [1.82, 2.24) is 10.4 Å². The summed E-state index contributed by atoms with van der Waals surface area (Å²) in [6.45, 7) is 3.07. The van der Waals surface area contributed by atoms with Crippen LogP contribution in [0.2, 0.25) is 0 Å². The van der Waals surface area contributed by atoms with E-state index in [4.69, 9.17) is 4.74 Å². The Morgan fingerprint density at radius 1 is 1.86 bits per heavy atom. The Morgan fingerprint density at radius 2 is 2.71 bits per heavy atom. The van der Waals surface area contributed by atoms with Gasteiger partial charge in [0.15, 0.2) is 0 Å². The van der Waals surface area contributed by atoms with Crippen LogP contribution < -0.4 is 5.43 Å². The van der Waals surface area contributed by atoms with Gasteiger partial charge in [0.1, 0.15) is 11.9 Å². The first kappa shape index (κ1) is 9.21. The van der Waals surface area contributed by atoms with Crippen molar-refractivity contribution in [3.63, 3.8) is 0 Å². The number of carbonyl (C=O) groups excluding carboxylic acids is 1. The van der Waals surface area contributed by atoms with Crippen LogP contribution in [0.25, 0.3) is 0 Å². The number of nitrogens with one attached hydrogen (secondary N) is 1. The van der Waals surface area contributed by atoms with Crippen molar-refractivity contribution in [2.75, 3.05) is 13.2 Å². The van der Waals surface area contributed by atoms with E-state index in [1.807, 2.05) is 11.2 Å². The third-order valence-corrected chi connectivity index (χ3v) is 2.18. The molecule has 76 valence electrons. The zero-order chi connectivity index (χ0) is 9.97. The molecule has 1 saturated heterocycles. The Bertz CT molecular complexity index is 298. The number of hydrogen-bond acceptors (Lipinski definition) is 5. The predicted molar refractivity (Wildman–Crippen MR) is 51.5 cm³/mol. The van der Waals surface area contributed by atoms with E-state index in [0.29, 0.717) is 12.3 Å². The molecule has 14 heavy (non-hydrogen) atoms. The van der Waals surface area contributed by atoms with E-state index < -0.39 is 0 Å². The summed E-state index contributed by atoms with van der Waals surface area (Å²) in [5, 5.41) is 1.91. The molecule has 0 radical (unpaired) electrons. The summed E-state index contributed by atoms with van der Waals surface area (Å²) in [4.78, 5) is 15.6. The maximum Gasteiger partial charge on any atom is 0.356 e. The van der Waals surface area contributed by atoms with Gasteiger partial charge in [-0.2, -0.15) is 0 Å². The Balaban J connectivity index is 2.07. The van der Waals surface area contributed by atoms with Crippen LogP contribution in [0.15, 0.2) is 17.3 Å². The molecule has 5 heteroatoms. The van der Waals surface area contributed by atoms with Crippen LogP contribution in [0.4, 0.5) is 0 Å². The van der Waals surface area contributed by atoms with Crippen molar-refractivity contribution < 1.29 is 9.53 Å². The Hall–Kier alpha value is -1.36. The molecule has 1 fully saturated rings. The first-order valence-electron chi connectivity index (χ1n) is 4.76. The number of ether oxygens (including phenoxy) is 1. The fourth-order valence-corrected chi connectivity index (χ4v) is 1.53. The van der Waals surface area contributed by atoms with Gasteiger partial charge in [-0.15, -0.1) is 0 Å². The maximum atomic E-state index is 11.3. The molecule has 0 spiro atoms. The standard InChI is InChI=1S/C9H13N3O2/c1-2-14-9(13)7-4-6-12-8(11-7)3-5-10-12/h4,6,8,10H,2-3,5H2,1H3. The van der Waals surface area contributed by atoms with E-state index in [1.54, 1.807) is 13.0 Å². The van der Waals surface area contributed by atoms with E-state index in [-0.39, 0.29) is 12.1 Å². The van der Waals surface area contributed by atoms with Gasteiger partial charge in [-0.3, -0.25) is 10.0 Å². The maximum absolute atomic E-state index is 11.3. The molecule has 1 unspecified atom stereocenters. The van der Waals surface area contributed by atoms with E-state index in [0.717, 1.165) is 13.0 Å². The van der Waals surface area contributed by atoms with Crippen LogP contribution in [-0.2, 0) is 9.53 Å². The molecule has 0 amide bonds. The highest BCUT2D eigenvalue weighted by atomic mass is 16.5. The van der Waals surface area contributed by atoms with Gasteiger partial charge < -0.3 is 4.74 Å². The number of carbonyl (C=O) groups is 1. The molecular formula is C9H13N3O2. The van der Waals surface area contributed by atoms with Gasteiger partial charge in [0.2, 0.25) is 0 Å². The van der Waals surface area contributed by atoms with E-state index in [9.17, 15) is 4.79 Å². The molecule has 2 rings (SSSR count). The van der Waals surface area contributed by atoms with Crippen molar-refractivity contribution in [3.05, 3.63) is 12.3 Å². The average Bonchev–Trinajstić information content (AvgIpc) is 2.64. The summed E-state index contributed by atoms with van der Waals surface area (Å²) >= 11 is 0. The lowest BCUT2D eigenvalue weighted by Gasteiger charge is -2.22. The zero-order valence-electron chi connectivity index (χ0n) is 8.06. The molecule has 0 saturated carbocycles. The molecule has 2 aliphatic rings. The molecule has 1 N–H and O–H groups in total. The highest BCUT2D eigenvalue weighted by molar-refractivity contribution is 6.41. The molecule has 0 aromatic heterocycles. The minimum absolute atomic E-state index is 0.0550. The van der Waals surface area contributed by atoms with E-state index >= 15 is 0 Å². The van der Waals surface area contributed by atoms with Crippen molar-refractivity contribution in [1.29, 1.82) is 0 Å². The van der Waals surface area contributed by atoms with Crippen molar-refractivity contribution in [2.45, 2.75) is 19.5 Å². The molecule has 0 aromatic carbocycles. The van der Waals surface area contributed by atoms with E-state index in [1.165, 1.54) is 0 Å². The fourth-order valence-electron chi connectivity index (χ4n) is 1.53. The molecule has 5 nitrogen and oxygen atoms in total. The number of rotatable bonds is 2. The summed E-state index contributed by atoms with van der Waals surface area (Å²) in [5.74, 6) is -0.338. The Kier molecular flexibility index (Phi) is 2.49. The quantitative estimate of drug-likeness (QED) is 0.633. The van der Waals surface area contributed by atoms with E-state index in [2.05, 4.69) is 10.4 Å². The van der Waals surface area contributed by atoms with Gasteiger partial charge in [-0.1, -0.05) is 0 Å². The van der Waals surface area contributed by atoms with Crippen molar-refractivity contribution >= 4 is 11.7 Å². The Morgan fingerprint density at radius 3 is 3.50 bits per heavy atom. The third kappa shape index (κ3) is 1.63. The summed E-state index contributed by atoms with van der Waals surface area (Å²) in [7, 11) is 0. The average molecular weight is 195 g/mol. The number of hydrogen-bond donors (Lipinski definition) is 1. The van der Waals surface area contributed by atoms with Gasteiger partial charge in [0, 0.05) is 19.2 Å². The van der Waals surface area contributed by atoms with Crippen LogP contribution in [0.5, 0.6) is 0 Å². The van der Waals surface area contributed by atoms with Gasteiger partial charge in [0.05, 0.1) is 6.61 Å². The van der Waals surface area contributed by atoms with Crippen LogP contribution in [0.1, 0.15) is 13.3 Å². The monoisotopic (exact) mass is 195 g/mol. The zero-order valence-corrected chi connectivity index (χ0v) is 8.06. The first-order valence-corrected chi connectivity index (χ1v) is 4.76. The molecule has 2 aliphatic heterocycles. The number of aliphatic imine (C=N–C) groups is 1. The lowest BCUT2D eigenvalue weighted by atomic mass is 10.3. The number of nitrogens with zero attached hydrogens (tertiary/aromatic N) is 2. The number of esters is 1. The molecule has 1 atom stereocenters. The highest BCUT2D eigenvalue weighted by Crippen LogP contribution is 2.14. The summed E-state index contributed by atoms with van der Waals surface area (Å²) < 4.78 is 4.87. The van der Waals surface area contributed by atoms with Gasteiger partial charge in [-0.05, 0) is 13.0 Å². The van der Waals surface area contributed by atoms with Crippen LogP contribution in [-0.4, -0.2) is 36.0 Å². The summed E-state index contributed by atoms with van der Waals surface area (Å²) in [5.41, 5.74) is 3.55. The van der Waals surface area contributed by atoms with Crippen LogP contribution >= 0.6 is 0 Å². The molecule has 0 aliphatic carbocycles. The summed E-state index contributed by atoms with van der Waals surface area (Å²) in [6, 6.07) is 0. The number of fused-ring (bicyclic) bond motifs is 1. The number of hydrazine groups is 1. The smallest absolute Gasteiger partial charge is 0.356 e. The van der Waals surface area contributed by atoms with Gasteiger partial charge in [0.25, 0.3) is 0 Å². The second-order valence-corrected chi connectivity index (χ2v) is 3.14. The molecular weight excluding hydrogens is 182 g/mol. The van der Waals surface area contributed by atoms with Crippen molar-refractivity contribution in [3.8, 4) is 0 Å². The lowest BCUT2D eigenvalue weighted by Crippen LogP contribution is -2.35. The van der Waals surface area contributed by atoms with Crippen molar-refractivity contribution in [2.24, 2.45) is 4.99 Å². The lowest BCUT2D eigenvalue weighted by molar-refractivity contribution is -0.135. The second kappa shape index (κ2) is 3.79. The van der Waals surface area contributed by atoms with Crippen LogP contribution in [0.3, 0.4) is 0 Å². The predicted octanol–water partition coefficient (Wildman–Crippen LogP) is 0.0542. The topological polar surface area (TPSA) is 53.9 Å². The minimum Gasteiger partial charge on any atom is -0.461 e. The third-order valence-electron chi connectivity index (χ3n) is 2.18. The molecule has 0 aromatic rings. The van der Waals surface area contributed by atoms with Gasteiger partial charge in [-0.25, -0.2) is 10.2 Å². The largest absolute Gasteiger partial charge is 0.461 e. The SMILES string of the molecule is CCOC(=O)C1=NC2CCNN2C=C1. The minimum atomic E-state index is -0.338. The highest BCUT2D eigenvalue weighted by Gasteiger charge is 2.25. The summed E-state index contributed by atoms with van der Waals surface area (Å²) in [6.07, 6.45) is 4.48. The molecule has 0 bridgehead atoms. The Labute approximate surface area is 82.4 Å². The normalized spacial score (nSPS) is 24.5. The fraction of sp³-hybridized carbons (Fsp3) is 0.556. The second-order valence-electron chi connectivity index (χ2n) is 3.14. The van der Waals surface area contributed by atoms with Crippen LogP contribution in [0, 0.1) is 0 Å². The van der Waals surface area contributed by atoms with Gasteiger partial charge >= 0.3 is 5.97 Å².